The fourth-order valence-electron chi connectivity index (χ4n) is 3.28. The first kappa shape index (κ1) is 24.5. The van der Waals surface area contributed by atoms with Crippen molar-refractivity contribution in [3.05, 3.63) is 90.0 Å². The lowest BCUT2D eigenvalue weighted by molar-refractivity contribution is -0.117. The van der Waals surface area contributed by atoms with Crippen LogP contribution in [0.15, 0.2) is 78.9 Å². The molecule has 8 heteroatoms. The highest BCUT2D eigenvalue weighted by atomic mass is 16.5. The Balaban J connectivity index is 1.45. The number of alkyl carbamates (subject to hydrolysis) is 1. The van der Waals surface area contributed by atoms with E-state index in [4.69, 9.17) is 15.6 Å². The third-order valence-electron chi connectivity index (χ3n) is 5.14. The van der Waals surface area contributed by atoms with Gasteiger partial charge in [0.1, 0.15) is 6.61 Å². The first-order valence-corrected chi connectivity index (χ1v) is 10.9. The second-order valence-electron chi connectivity index (χ2n) is 7.65. The average molecular weight is 462 g/mol. The fraction of sp³-hybridized carbons (Fsp3) is 0.192. The van der Waals surface area contributed by atoms with Crippen LogP contribution in [0.2, 0.25) is 0 Å². The van der Waals surface area contributed by atoms with Gasteiger partial charge < -0.3 is 26.2 Å². The van der Waals surface area contributed by atoms with E-state index in [1.165, 1.54) is 12.1 Å². The number of carbonyl (C=O) groups excluding carboxylic acids is 2. The summed E-state index contributed by atoms with van der Waals surface area (Å²) in [7, 11) is 0. The zero-order valence-electron chi connectivity index (χ0n) is 18.6. The molecule has 3 aromatic carbocycles. The predicted molar refractivity (Wildman–Crippen MR) is 129 cm³/mol. The predicted octanol–water partition coefficient (Wildman–Crippen LogP) is 4.02. The molecule has 0 heterocycles. The van der Waals surface area contributed by atoms with Crippen molar-refractivity contribution in [1.82, 2.24) is 5.32 Å². The van der Waals surface area contributed by atoms with Crippen molar-refractivity contribution in [2.45, 2.75) is 25.5 Å². The Labute approximate surface area is 197 Å². The smallest absolute Gasteiger partial charge is 0.407 e. The van der Waals surface area contributed by atoms with E-state index in [-0.39, 0.29) is 18.1 Å². The van der Waals surface area contributed by atoms with Crippen LogP contribution in [0, 0.1) is 0 Å². The van der Waals surface area contributed by atoms with Crippen LogP contribution in [0.3, 0.4) is 0 Å². The molecule has 0 aromatic heterocycles. The van der Waals surface area contributed by atoms with E-state index in [1.807, 2.05) is 42.5 Å². The lowest BCUT2D eigenvalue weighted by atomic mass is 10.0. The highest BCUT2D eigenvalue weighted by Gasteiger charge is 2.16. The lowest BCUT2D eigenvalue weighted by Gasteiger charge is -2.15. The van der Waals surface area contributed by atoms with Crippen molar-refractivity contribution in [3.63, 3.8) is 0 Å². The van der Waals surface area contributed by atoms with Gasteiger partial charge in [0.25, 0.3) is 0 Å². The molecule has 0 fully saturated rings. The van der Waals surface area contributed by atoms with Gasteiger partial charge in [-0.25, -0.2) is 9.59 Å². The summed E-state index contributed by atoms with van der Waals surface area (Å²) in [5.41, 5.74) is 9.22. The lowest BCUT2D eigenvalue weighted by Crippen LogP contribution is -2.36. The van der Waals surface area contributed by atoms with Crippen LogP contribution in [0.4, 0.5) is 10.5 Å². The summed E-state index contributed by atoms with van der Waals surface area (Å²) in [6, 6.07) is 22.2. The van der Waals surface area contributed by atoms with E-state index in [1.54, 1.807) is 24.3 Å². The van der Waals surface area contributed by atoms with Crippen molar-refractivity contribution >= 4 is 23.7 Å². The number of hydrogen-bond donors (Lipinski definition) is 4. The van der Waals surface area contributed by atoms with Crippen LogP contribution in [-0.2, 0) is 16.1 Å². The van der Waals surface area contributed by atoms with Gasteiger partial charge in [-0.3, -0.25) is 4.79 Å². The summed E-state index contributed by atoms with van der Waals surface area (Å²) in [5.74, 6) is -1.35. The van der Waals surface area contributed by atoms with Crippen LogP contribution in [0.1, 0.15) is 28.8 Å². The van der Waals surface area contributed by atoms with Gasteiger partial charge in [-0.2, -0.15) is 0 Å². The molecule has 0 aliphatic rings. The molecule has 0 radical (unpaired) electrons. The Kier molecular flexibility index (Phi) is 8.76. The summed E-state index contributed by atoms with van der Waals surface area (Å²) < 4.78 is 5.14. The summed E-state index contributed by atoms with van der Waals surface area (Å²) in [5, 5.41) is 14.6. The van der Waals surface area contributed by atoms with Crippen LogP contribution in [-0.4, -0.2) is 35.7 Å². The van der Waals surface area contributed by atoms with Crippen LogP contribution < -0.4 is 16.4 Å². The van der Waals surface area contributed by atoms with E-state index >= 15 is 0 Å². The van der Waals surface area contributed by atoms with Crippen molar-refractivity contribution in [3.8, 4) is 11.1 Å². The number of amides is 2. The van der Waals surface area contributed by atoms with Gasteiger partial charge in [0.2, 0.25) is 5.91 Å². The van der Waals surface area contributed by atoms with Crippen LogP contribution >= 0.6 is 0 Å². The van der Waals surface area contributed by atoms with Gasteiger partial charge >= 0.3 is 12.1 Å². The molecule has 0 saturated carbocycles. The number of anilines is 1. The highest BCUT2D eigenvalue weighted by Crippen LogP contribution is 2.28. The normalized spacial score (nSPS) is 11.3. The Morgan fingerprint density at radius 2 is 1.59 bits per heavy atom. The van der Waals surface area contributed by atoms with E-state index in [0.29, 0.717) is 25.1 Å². The summed E-state index contributed by atoms with van der Waals surface area (Å²) in [6.45, 7) is 0.522. The second kappa shape index (κ2) is 12.2. The van der Waals surface area contributed by atoms with E-state index in [9.17, 15) is 14.4 Å². The quantitative estimate of drug-likeness (QED) is 0.337. The van der Waals surface area contributed by atoms with Crippen molar-refractivity contribution in [2.24, 2.45) is 5.73 Å². The minimum Gasteiger partial charge on any atom is -0.478 e. The van der Waals surface area contributed by atoms with Gasteiger partial charge in [-0.05, 0) is 42.2 Å². The molecule has 3 aromatic rings. The van der Waals surface area contributed by atoms with Crippen molar-refractivity contribution in [1.29, 1.82) is 0 Å². The molecule has 0 aliphatic heterocycles. The summed E-state index contributed by atoms with van der Waals surface area (Å²) >= 11 is 0. The topological polar surface area (TPSA) is 131 Å². The van der Waals surface area contributed by atoms with Crippen LogP contribution in [0.25, 0.3) is 11.1 Å². The molecule has 0 aliphatic carbocycles. The molecule has 1 atom stereocenters. The largest absolute Gasteiger partial charge is 0.478 e. The number of ether oxygens (including phenoxy) is 1. The van der Waals surface area contributed by atoms with Crippen LogP contribution in [0.5, 0.6) is 0 Å². The van der Waals surface area contributed by atoms with Crippen molar-refractivity contribution in [2.75, 3.05) is 11.9 Å². The second-order valence-corrected chi connectivity index (χ2v) is 7.65. The Bertz CT molecular complexity index is 1120. The highest BCUT2D eigenvalue weighted by molar-refractivity contribution is 5.98. The molecule has 0 spiro atoms. The number of carboxylic acids is 1. The first-order valence-electron chi connectivity index (χ1n) is 10.9. The Hall–Kier alpha value is -4.17. The number of rotatable bonds is 10. The number of para-hydroxylation sites is 1. The third kappa shape index (κ3) is 7.18. The number of hydrogen-bond acceptors (Lipinski definition) is 5. The van der Waals surface area contributed by atoms with Gasteiger partial charge in [0, 0.05) is 17.8 Å². The third-order valence-corrected chi connectivity index (χ3v) is 5.14. The molecule has 2 amide bonds. The average Bonchev–Trinajstić information content (AvgIpc) is 2.86. The molecular weight excluding hydrogens is 434 g/mol. The number of benzene rings is 3. The standard InChI is InChI=1S/C26H27N3O5/c27-22(10-6-16-28-26(33)34-17-18-7-2-1-3-8-18)24(30)29-23-11-5-4-9-21(23)19-12-14-20(15-13-19)25(31)32/h1-5,7-9,11-15,22H,6,10,16-17,27H2,(H,28,33)(H,29,30)(H,31,32)/t22-/m0/s1. The minimum absolute atomic E-state index is 0.185. The van der Waals surface area contributed by atoms with Gasteiger partial charge in [-0.1, -0.05) is 60.7 Å². The maximum atomic E-state index is 12.6. The SMILES string of the molecule is N[C@@H](CCCNC(=O)OCc1ccccc1)C(=O)Nc1ccccc1-c1ccc(C(=O)O)cc1. The van der Waals surface area contributed by atoms with Gasteiger partial charge in [-0.15, -0.1) is 0 Å². The molecule has 0 unspecified atom stereocenters. The molecule has 3 rings (SSSR count). The summed E-state index contributed by atoms with van der Waals surface area (Å²) in [6.07, 6.45) is 0.359. The minimum atomic E-state index is -1.00. The molecule has 0 saturated heterocycles. The molecule has 5 N–H and O–H groups in total. The fourth-order valence-corrected chi connectivity index (χ4v) is 3.28. The van der Waals surface area contributed by atoms with E-state index < -0.39 is 18.1 Å². The molecule has 176 valence electrons. The van der Waals surface area contributed by atoms with Gasteiger partial charge in [0.15, 0.2) is 0 Å². The monoisotopic (exact) mass is 461 g/mol. The Morgan fingerprint density at radius 1 is 0.912 bits per heavy atom. The molecular formula is C26H27N3O5. The maximum Gasteiger partial charge on any atom is 0.407 e. The van der Waals surface area contributed by atoms with Gasteiger partial charge in [0.05, 0.1) is 11.6 Å². The van der Waals surface area contributed by atoms with Crippen molar-refractivity contribution < 1.29 is 24.2 Å². The zero-order chi connectivity index (χ0) is 24.3. The summed E-state index contributed by atoms with van der Waals surface area (Å²) in [4.78, 5) is 35.5. The first-order chi connectivity index (χ1) is 16.4. The number of nitrogens with two attached hydrogens (primary N) is 1. The molecule has 0 bridgehead atoms. The zero-order valence-corrected chi connectivity index (χ0v) is 18.6. The maximum absolute atomic E-state index is 12.6. The van der Waals surface area contributed by atoms with E-state index in [0.717, 1.165) is 16.7 Å². The number of carbonyl (C=O) groups is 3. The number of nitrogens with one attached hydrogen (secondary N) is 2. The number of aromatic carboxylic acids is 1. The molecule has 34 heavy (non-hydrogen) atoms. The molecule has 8 nitrogen and oxygen atoms in total. The number of carboxylic acid groups (broad SMARTS) is 1. The Morgan fingerprint density at radius 3 is 2.29 bits per heavy atom. The van der Waals surface area contributed by atoms with E-state index in [2.05, 4.69) is 10.6 Å².